The average molecular weight is 410 g/mol. The first kappa shape index (κ1) is 20.7. The number of hydrogen-bond donors (Lipinski definition) is 1. The highest BCUT2D eigenvalue weighted by atomic mass is 35.5. The predicted octanol–water partition coefficient (Wildman–Crippen LogP) is 6.19. The predicted molar refractivity (Wildman–Crippen MR) is 117 cm³/mol. The second-order valence-electron chi connectivity index (χ2n) is 6.83. The molecule has 0 aliphatic carbocycles. The van der Waals surface area contributed by atoms with Crippen molar-refractivity contribution in [1.29, 1.82) is 0 Å². The molecule has 0 aliphatic rings. The van der Waals surface area contributed by atoms with Crippen LogP contribution < -0.4 is 14.8 Å². The third-order valence-electron chi connectivity index (χ3n) is 4.31. The van der Waals surface area contributed by atoms with E-state index in [1.807, 2.05) is 32.9 Å². The minimum Gasteiger partial charge on any atom is -0.493 e. The topological polar surface area (TPSA) is 47.6 Å². The second kappa shape index (κ2) is 9.48. The van der Waals surface area contributed by atoms with Crippen LogP contribution in [-0.2, 0) is 6.61 Å². The van der Waals surface area contributed by atoms with Gasteiger partial charge in [-0.1, -0.05) is 17.7 Å². The Balaban J connectivity index is 1.79. The zero-order valence-electron chi connectivity index (χ0n) is 16.8. The van der Waals surface area contributed by atoms with Gasteiger partial charge in [-0.2, -0.15) is 0 Å². The van der Waals surface area contributed by atoms with Crippen molar-refractivity contribution in [3.05, 3.63) is 87.9 Å². The number of benzene rings is 3. The van der Waals surface area contributed by atoms with Crippen molar-refractivity contribution in [2.45, 2.75) is 27.4 Å². The zero-order valence-corrected chi connectivity index (χ0v) is 17.5. The van der Waals surface area contributed by atoms with Gasteiger partial charge in [0.25, 0.3) is 5.91 Å². The van der Waals surface area contributed by atoms with Gasteiger partial charge in [-0.05, 0) is 86.5 Å². The smallest absolute Gasteiger partial charge is 0.255 e. The standard InChI is InChI=1S/C24H24ClNO3/c1-4-28-23-10-5-18(24(27)26-21-8-6-20(25)7-9-21)14-19(23)15-29-22-12-16(2)11-17(3)13-22/h5-14H,4,15H2,1-3H3,(H,26,27). The number of halogens is 1. The Morgan fingerprint density at radius 3 is 2.28 bits per heavy atom. The molecule has 3 rings (SSSR count). The van der Waals surface area contributed by atoms with Gasteiger partial charge in [0.2, 0.25) is 0 Å². The van der Waals surface area contributed by atoms with E-state index in [0.29, 0.717) is 35.2 Å². The van der Waals surface area contributed by atoms with Crippen molar-refractivity contribution in [1.82, 2.24) is 0 Å². The number of carbonyl (C=O) groups excluding carboxylic acids is 1. The molecule has 3 aromatic carbocycles. The van der Waals surface area contributed by atoms with Crippen LogP contribution in [0, 0.1) is 13.8 Å². The van der Waals surface area contributed by atoms with Gasteiger partial charge in [-0.3, -0.25) is 4.79 Å². The molecule has 0 saturated heterocycles. The van der Waals surface area contributed by atoms with Crippen LogP contribution in [0.2, 0.25) is 5.02 Å². The minimum atomic E-state index is -0.206. The van der Waals surface area contributed by atoms with Gasteiger partial charge in [0.05, 0.1) is 6.61 Å². The third kappa shape index (κ3) is 5.75. The van der Waals surface area contributed by atoms with Crippen LogP contribution >= 0.6 is 11.6 Å². The SMILES string of the molecule is CCOc1ccc(C(=O)Nc2ccc(Cl)cc2)cc1COc1cc(C)cc(C)c1. The maximum absolute atomic E-state index is 12.7. The lowest BCUT2D eigenvalue weighted by molar-refractivity contribution is 0.102. The molecule has 150 valence electrons. The van der Waals surface area contributed by atoms with Crippen molar-refractivity contribution in [2.24, 2.45) is 0 Å². The zero-order chi connectivity index (χ0) is 20.8. The first-order valence-electron chi connectivity index (χ1n) is 9.48. The van der Waals surface area contributed by atoms with E-state index in [1.54, 1.807) is 42.5 Å². The molecule has 0 unspecified atom stereocenters. The molecule has 0 fully saturated rings. The van der Waals surface area contributed by atoms with E-state index in [4.69, 9.17) is 21.1 Å². The van der Waals surface area contributed by atoms with E-state index in [9.17, 15) is 4.79 Å². The summed E-state index contributed by atoms with van der Waals surface area (Å²) in [7, 11) is 0. The number of aryl methyl sites for hydroxylation is 2. The summed E-state index contributed by atoms with van der Waals surface area (Å²) in [5, 5.41) is 3.49. The molecule has 0 aliphatic heterocycles. The summed E-state index contributed by atoms with van der Waals surface area (Å²) in [6.45, 7) is 6.84. The highest BCUT2D eigenvalue weighted by molar-refractivity contribution is 6.30. The molecule has 0 bridgehead atoms. The lowest BCUT2D eigenvalue weighted by Gasteiger charge is -2.14. The number of hydrogen-bond acceptors (Lipinski definition) is 3. The Labute approximate surface area is 176 Å². The normalized spacial score (nSPS) is 10.5. The maximum atomic E-state index is 12.7. The molecule has 0 aromatic heterocycles. The van der Waals surface area contributed by atoms with Gasteiger partial charge >= 0.3 is 0 Å². The molecule has 0 heterocycles. The monoisotopic (exact) mass is 409 g/mol. The molecule has 5 heteroatoms. The highest BCUT2D eigenvalue weighted by Gasteiger charge is 2.12. The Morgan fingerprint density at radius 1 is 0.931 bits per heavy atom. The van der Waals surface area contributed by atoms with Crippen LogP contribution in [0.15, 0.2) is 60.7 Å². The molecular weight excluding hydrogens is 386 g/mol. The van der Waals surface area contributed by atoms with Gasteiger partial charge in [-0.25, -0.2) is 0 Å². The van der Waals surface area contributed by atoms with Gasteiger partial charge in [0, 0.05) is 21.8 Å². The van der Waals surface area contributed by atoms with E-state index < -0.39 is 0 Å². The van der Waals surface area contributed by atoms with Crippen LogP contribution in [0.1, 0.15) is 34.0 Å². The van der Waals surface area contributed by atoms with Crippen molar-refractivity contribution in [3.63, 3.8) is 0 Å². The van der Waals surface area contributed by atoms with Crippen LogP contribution in [0.3, 0.4) is 0 Å². The first-order chi connectivity index (χ1) is 13.9. The van der Waals surface area contributed by atoms with Crippen LogP contribution in [0.4, 0.5) is 5.69 Å². The largest absolute Gasteiger partial charge is 0.493 e. The molecule has 0 atom stereocenters. The molecule has 1 N–H and O–H groups in total. The summed E-state index contributed by atoms with van der Waals surface area (Å²) in [6, 6.07) is 18.4. The molecule has 0 radical (unpaired) electrons. The van der Waals surface area contributed by atoms with Gasteiger partial charge in [0.15, 0.2) is 0 Å². The summed E-state index contributed by atoms with van der Waals surface area (Å²) in [5.74, 6) is 1.30. The second-order valence-corrected chi connectivity index (χ2v) is 7.27. The lowest BCUT2D eigenvalue weighted by atomic mass is 10.1. The van der Waals surface area contributed by atoms with E-state index in [1.165, 1.54) is 0 Å². The first-order valence-corrected chi connectivity index (χ1v) is 9.86. The van der Waals surface area contributed by atoms with E-state index in [-0.39, 0.29) is 5.91 Å². The molecule has 4 nitrogen and oxygen atoms in total. The van der Waals surface area contributed by atoms with E-state index in [2.05, 4.69) is 11.4 Å². The van der Waals surface area contributed by atoms with Gasteiger partial charge in [0.1, 0.15) is 18.1 Å². The highest BCUT2D eigenvalue weighted by Crippen LogP contribution is 2.24. The molecule has 0 saturated carbocycles. The van der Waals surface area contributed by atoms with Gasteiger partial charge in [-0.15, -0.1) is 0 Å². The number of anilines is 1. The van der Waals surface area contributed by atoms with Crippen LogP contribution in [0.5, 0.6) is 11.5 Å². The summed E-state index contributed by atoms with van der Waals surface area (Å²) in [6.07, 6.45) is 0. The van der Waals surface area contributed by atoms with Crippen LogP contribution in [-0.4, -0.2) is 12.5 Å². The number of amides is 1. The summed E-state index contributed by atoms with van der Waals surface area (Å²) in [5.41, 5.74) is 4.31. The Hall–Kier alpha value is -2.98. The number of rotatable bonds is 7. The lowest BCUT2D eigenvalue weighted by Crippen LogP contribution is -2.13. The summed E-state index contributed by atoms with van der Waals surface area (Å²) in [4.78, 5) is 12.7. The van der Waals surface area contributed by atoms with E-state index >= 15 is 0 Å². The average Bonchev–Trinajstić information content (AvgIpc) is 2.68. The van der Waals surface area contributed by atoms with Gasteiger partial charge < -0.3 is 14.8 Å². The fraction of sp³-hybridized carbons (Fsp3) is 0.208. The Bertz CT molecular complexity index is 979. The molecule has 3 aromatic rings. The van der Waals surface area contributed by atoms with Crippen molar-refractivity contribution in [2.75, 3.05) is 11.9 Å². The van der Waals surface area contributed by atoms with Crippen molar-refractivity contribution < 1.29 is 14.3 Å². The fourth-order valence-electron chi connectivity index (χ4n) is 3.04. The maximum Gasteiger partial charge on any atom is 0.255 e. The molecular formula is C24H24ClNO3. The fourth-order valence-corrected chi connectivity index (χ4v) is 3.17. The molecule has 1 amide bonds. The minimum absolute atomic E-state index is 0.206. The third-order valence-corrected chi connectivity index (χ3v) is 4.57. The number of carbonyl (C=O) groups is 1. The quantitative estimate of drug-likeness (QED) is 0.506. The summed E-state index contributed by atoms with van der Waals surface area (Å²) >= 11 is 5.90. The summed E-state index contributed by atoms with van der Waals surface area (Å²) < 4.78 is 11.7. The van der Waals surface area contributed by atoms with Crippen molar-refractivity contribution >= 4 is 23.2 Å². The van der Waals surface area contributed by atoms with Crippen molar-refractivity contribution in [3.8, 4) is 11.5 Å². The Kier molecular flexibility index (Phi) is 6.78. The Morgan fingerprint density at radius 2 is 1.62 bits per heavy atom. The molecule has 0 spiro atoms. The number of ether oxygens (including phenoxy) is 2. The van der Waals surface area contributed by atoms with Crippen LogP contribution in [0.25, 0.3) is 0 Å². The number of nitrogens with one attached hydrogen (secondary N) is 1. The van der Waals surface area contributed by atoms with E-state index in [0.717, 1.165) is 22.4 Å². The molecule has 29 heavy (non-hydrogen) atoms.